The molecule has 4 aromatic rings. The van der Waals surface area contributed by atoms with Crippen molar-refractivity contribution in [1.29, 1.82) is 0 Å². The number of esters is 1. The number of carbonyl (C=O) groups is 2. The van der Waals surface area contributed by atoms with E-state index in [1.165, 1.54) is 5.56 Å². The number of thiocarbonyl (C=S) groups is 1. The molecule has 1 amide bonds. The van der Waals surface area contributed by atoms with Gasteiger partial charge in [-0.25, -0.2) is 10.2 Å². The lowest BCUT2D eigenvalue weighted by atomic mass is 9.95. The van der Waals surface area contributed by atoms with Crippen molar-refractivity contribution in [1.82, 2.24) is 20.6 Å². The Bertz CT molecular complexity index is 1730. The van der Waals surface area contributed by atoms with Gasteiger partial charge in [0.15, 0.2) is 11.7 Å². The van der Waals surface area contributed by atoms with E-state index in [4.69, 9.17) is 21.7 Å². The topological polar surface area (TPSA) is 106 Å². The van der Waals surface area contributed by atoms with Gasteiger partial charge in [-0.1, -0.05) is 64.5 Å². The lowest BCUT2D eigenvalue weighted by Gasteiger charge is -2.30. The summed E-state index contributed by atoms with van der Waals surface area (Å²) in [4.78, 5) is 25.5. The smallest absolute Gasteiger partial charge is 0.338 e. The second kappa shape index (κ2) is 13.7. The number of benzene rings is 3. The van der Waals surface area contributed by atoms with Gasteiger partial charge < -0.3 is 24.7 Å². The number of aromatic nitrogens is 1. The predicted molar refractivity (Wildman–Crippen MR) is 174 cm³/mol. The van der Waals surface area contributed by atoms with Crippen molar-refractivity contribution < 1.29 is 19.1 Å². The summed E-state index contributed by atoms with van der Waals surface area (Å²) in [5.74, 6) is -0.474. The Labute approximate surface area is 263 Å². The van der Waals surface area contributed by atoms with Crippen molar-refractivity contribution in [2.75, 3.05) is 13.2 Å². The maximum absolute atomic E-state index is 12.8. The van der Waals surface area contributed by atoms with Gasteiger partial charge in [-0.3, -0.25) is 4.79 Å². The lowest BCUT2D eigenvalue weighted by Crippen LogP contribution is -2.45. The fourth-order valence-electron chi connectivity index (χ4n) is 4.90. The zero-order valence-electron chi connectivity index (χ0n) is 23.6. The molecule has 43 heavy (non-hydrogen) atoms. The molecule has 1 atom stereocenters. The summed E-state index contributed by atoms with van der Waals surface area (Å²) in [6, 6.07) is 22.8. The van der Waals surface area contributed by atoms with E-state index in [1.807, 2.05) is 48.7 Å². The van der Waals surface area contributed by atoms with E-state index in [0.717, 1.165) is 20.9 Å². The average Bonchev–Trinajstić information content (AvgIpc) is 3.34. The van der Waals surface area contributed by atoms with Crippen LogP contribution in [0.4, 0.5) is 0 Å². The first-order valence-electron chi connectivity index (χ1n) is 13.7. The number of para-hydroxylation sites is 2. The van der Waals surface area contributed by atoms with Crippen molar-refractivity contribution in [3.63, 3.8) is 0 Å². The minimum Gasteiger partial charge on any atom is -0.483 e. The van der Waals surface area contributed by atoms with Crippen LogP contribution in [-0.4, -0.2) is 41.0 Å². The van der Waals surface area contributed by atoms with Gasteiger partial charge in [0.25, 0.3) is 5.91 Å². The molecule has 220 valence electrons. The van der Waals surface area contributed by atoms with Crippen LogP contribution in [0.2, 0.25) is 0 Å². The van der Waals surface area contributed by atoms with Crippen LogP contribution in [0, 0.1) is 0 Å². The first-order valence-corrected chi connectivity index (χ1v) is 14.9. The van der Waals surface area contributed by atoms with E-state index in [-0.39, 0.29) is 13.2 Å². The lowest BCUT2D eigenvalue weighted by molar-refractivity contribution is -0.139. The number of ether oxygens (including phenoxy) is 2. The molecule has 0 radical (unpaired) electrons. The average molecular weight is 661 g/mol. The quantitative estimate of drug-likeness (QED) is 0.0914. The first kappa shape index (κ1) is 30.0. The molecule has 3 aromatic carbocycles. The van der Waals surface area contributed by atoms with Gasteiger partial charge in [-0.05, 0) is 55.9 Å². The molecule has 3 N–H and O–H groups in total. The Morgan fingerprint density at radius 2 is 1.84 bits per heavy atom. The molecule has 0 spiro atoms. The largest absolute Gasteiger partial charge is 0.483 e. The Morgan fingerprint density at radius 3 is 2.63 bits per heavy atom. The predicted octanol–water partition coefficient (Wildman–Crippen LogP) is 5.34. The molecule has 0 aliphatic carbocycles. The van der Waals surface area contributed by atoms with Gasteiger partial charge in [-0.2, -0.15) is 5.10 Å². The van der Waals surface area contributed by atoms with E-state index in [2.05, 4.69) is 59.9 Å². The highest BCUT2D eigenvalue weighted by Gasteiger charge is 2.32. The van der Waals surface area contributed by atoms with Crippen LogP contribution in [-0.2, 0) is 20.9 Å². The van der Waals surface area contributed by atoms with Crippen LogP contribution in [0.15, 0.2) is 99.8 Å². The summed E-state index contributed by atoms with van der Waals surface area (Å²) >= 11 is 8.82. The Balaban J connectivity index is 1.27. The number of nitrogens with zero attached hydrogens (tertiary/aromatic N) is 2. The summed E-state index contributed by atoms with van der Waals surface area (Å²) in [5.41, 5.74) is 7.28. The molecule has 11 heteroatoms. The Hall–Kier alpha value is -4.48. The molecular weight excluding hydrogens is 630 g/mol. The normalized spacial score (nSPS) is 14.9. The van der Waals surface area contributed by atoms with Gasteiger partial charge in [0.05, 0.1) is 24.4 Å². The summed E-state index contributed by atoms with van der Waals surface area (Å²) in [5, 5.41) is 11.7. The number of rotatable bonds is 10. The number of halogens is 1. The number of allylic oxidation sites excluding steroid dienone is 1. The van der Waals surface area contributed by atoms with Crippen molar-refractivity contribution in [2.45, 2.75) is 26.4 Å². The molecule has 9 nitrogen and oxygen atoms in total. The van der Waals surface area contributed by atoms with Gasteiger partial charge in [-0.15, -0.1) is 0 Å². The first-order chi connectivity index (χ1) is 20.8. The standard InChI is InChI=1S/C32H30BrN5O4S/c1-3-41-31(40)29-20(2)35-32(43)36-30(29)25-9-5-7-11-27(25)42-19-28(39)37-34-16-22-18-38(26-10-6-4-8-24(22)26)17-21-12-14-23(33)15-13-21/h4-16,18,30H,3,17,19H2,1-2H3,(H,37,39)(H2,35,36,43)/t30-/m1/s1. The fraction of sp³-hybridized carbons (Fsp3) is 0.188. The second-order valence-electron chi connectivity index (χ2n) is 9.77. The summed E-state index contributed by atoms with van der Waals surface area (Å²) in [6.07, 6.45) is 3.65. The van der Waals surface area contributed by atoms with Crippen LogP contribution in [0.1, 0.15) is 36.6 Å². The minimum absolute atomic E-state index is 0.233. The third kappa shape index (κ3) is 7.12. The third-order valence-electron chi connectivity index (χ3n) is 6.83. The number of hydrazone groups is 1. The second-order valence-corrected chi connectivity index (χ2v) is 11.1. The number of carbonyl (C=O) groups excluding carboxylic acids is 2. The van der Waals surface area contributed by atoms with Crippen molar-refractivity contribution in [3.05, 3.63) is 111 Å². The molecule has 5 rings (SSSR count). The van der Waals surface area contributed by atoms with Gasteiger partial charge in [0.2, 0.25) is 0 Å². The molecule has 0 unspecified atom stereocenters. The molecule has 1 aromatic heterocycles. The molecule has 0 saturated carbocycles. The van der Waals surface area contributed by atoms with Crippen LogP contribution in [0.25, 0.3) is 10.9 Å². The van der Waals surface area contributed by atoms with Gasteiger partial charge in [0, 0.05) is 44.9 Å². The highest BCUT2D eigenvalue weighted by Crippen LogP contribution is 2.33. The number of hydrogen-bond acceptors (Lipinski definition) is 6. The van der Waals surface area contributed by atoms with Crippen LogP contribution >= 0.6 is 28.1 Å². The highest BCUT2D eigenvalue weighted by molar-refractivity contribution is 9.10. The van der Waals surface area contributed by atoms with Crippen LogP contribution in [0.5, 0.6) is 5.75 Å². The molecule has 1 aliphatic heterocycles. The molecule has 0 fully saturated rings. The number of fused-ring (bicyclic) bond motifs is 1. The van der Waals surface area contributed by atoms with E-state index >= 15 is 0 Å². The van der Waals surface area contributed by atoms with E-state index < -0.39 is 17.9 Å². The number of hydrogen-bond donors (Lipinski definition) is 3. The zero-order chi connectivity index (χ0) is 30.3. The van der Waals surface area contributed by atoms with Crippen LogP contribution < -0.4 is 20.8 Å². The van der Waals surface area contributed by atoms with E-state index in [9.17, 15) is 9.59 Å². The maximum atomic E-state index is 12.8. The van der Waals surface area contributed by atoms with Crippen LogP contribution in [0.3, 0.4) is 0 Å². The number of nitrogens with one attached hydrogen (secondary N) is 3. The van der Waals surface area contributed by atoms with Crippen molar-refractivity contribution in [3.8, 4) is 5.75 Å². The molecule has 2 heterocycles. The number of amides is 1. The highest BCUT2D eigenvalue weighted by atomic mass is 79.9. The van der Waals surface area contributed by atoms with E-state index in [0.29, 0.717) is 34.2 Å². The molecule has 0 bridgehead atoms. The Kier molecular flexibility index (Phi) is 9.53. The maximum Gasteiger partial charge on any atom is 0.338 e. The van der Waals surface area contributed by atoms with Crippen molar-refractivity contribution >= 4 is 62.3 Å². The molecule has 1 aliphatic rings. The fourth-order valence-corrected chi connectivity index (χ4v) is 5.44. The summed E-state index contributed by atoms with van der Waals surface area (Å²) in [6.45, 7) is 4.16. The van der Waals surface area contributed by atoms with Crippen molar-refractivity contribution in [2.24, 2.45) is 5.10 Å². The molecule has 0 saturated heterocycles. The Morgan fingerprint density at radius 1 is 1.09 bits per heavy atom. The zero-order valence-corrected chi connectivity index (χ0v) is 26.0. The minimum atomic E-state index is -0.611. The van der Waals surface area contributed by atoms with Gasteiger partial charge in [0.1, 0.15) is 5.75 Å². The van der Waals surface area contributed by atoms with Gasteiger partial charge >= 0.3 is 5.97 Å². The SMILES string of the molecule is CCOC(=O)C1=C(C)NC(=S)N[C@@H]1c1ccccc1OCC(=O)NN=Cc1cn(Cc2ccc(Br)cc2)c2ccccc12. The monoisotopic (exact) mass is 659 g/mol. The summed E-state index contributed by atoms with van der Waals surface area (Å²) < 4.78 is 14.4. The molecular formula is C32H30BrN5O4S. The third-order valence-corrected chi connectivity index (χ3v) is 7.58. The van der Waals surface area contributed by atoms with E-state index in [1.54, 1.807) is 32.2 Å². The summed E-state index contributed by atoms with van der Waals surface area (Å²) in [7, 11) is 0.